The third kappa shape index (κ3) is 6.99. The lowest BCUT2D eigenvalue weighted by atomic mass is 10.1. The molecule has 0 amide bonds. The quantitative estimate of drug-likeness (QED) is 0.660. The number of imidazole rings is 1. The minimum Gasteiger partial charge on any atom is -0.481 e. The number of aryl methyl sites for hydroxylation is 3. The van der Waals surface area contributed by atoms with E-state index in [2.05, 4.69) is 15.7 Å². The summed E-state index contributed by atoms with van der Waals surface area (Å²) in [4.78, 5) is 14.8. The van der Waals surface area contributed by atoms with E-state index < -0.39 is 5.97 Å². The summed E-state index contributed by atoms with van der Waals surface area (Å²) in [5, 5.41) is 8.51. The van der Waals surface area contributed by atoms with Gasteiger partial charge in [-0.15, -0.1) is 0 Å². The van der Waals surface area contributed by atoms with Gasteiger partial charge in [0.1, 0.15) is 5.82 Å². The van der Waals surface area contributed by atoms with Crippen molar-refractivity contribution in [3.63, 3.8) is 0 Å². The number of carboxylic acids is 1. The van der Waals surface area contributed by atoms with Crippen LogP contribution in [0.2, 0.25) is 0 Å². The number of carbonyl (C=O) groups is 1. The lowest BCUT2D eigenvalue weighted by Gasteiger charge is -2.00. The van der Waals surface area contributed by atoms with Crippen LogP contribution in [0.4, 0.5) is 0 Å². The lowest BCUT2D eigenvalue weighted by molar-refractivity contribution is -0.137. The zero-order valence-corrected chi connectivity index (χ0v) is 12.2. The highest BCUT2D eigenvalue weighted by Crippen LogP contribution is 2.11. The van der Waals surface area contributed by atoms with Gasteiger partial charge in [-0.3, -0.25) is 4.79 Å². The molecule has 0 aromatic carbocycles. The van der Waals surface area contributed by atoms with Crippen molar-refractivity contribution in [2.75, 3.05) is 0 Å². The highest BCUT2D eigenvalue weighted by molar-refractivity contribution is 5.66. The van der Waals surface area contributed by atoms with Crippen LogP contribution >= 0.6 is 0 Å². The SMILES string of the molecule is Cc1nc(CCCCCCCCCC(=O)O)cn1C. The van der Waals surface area contributed by atoms with E-state index in [1.807, 2.05) is 14.0 Å². The van der Waals surface area contributed by atoms with Crippen molar-refractivity contribution in [3.05, 3.63) is 17.7 Å². The molecule has 0 saturated carbocycles. The van der Waals surface area contributed by atoms with Crippen LogP contribution < -0.4 is 0 Å². The molecular formula is C15H26N2O2. The molecule has 4 nitrogen and oxygen atoms in total. The molecule has 0 radical (unpaired) electrons. The zero-order valence-electron chi connectivity index (χ0n) is 12.2. The predicted octanol–water partition coefficient (Wildman–Crippen LogP) is 3.48. The summed E-state index contributed by atoms with van der Waals surface area (Å²) in [5.74, 6) is 0.402. The minimum atomic E-state index is -0.675. The third-order valence-electron chi connectivity index (χ3n) is 3.48. The van der Waals surface area contributed by atoms with Gasteiger partial charge in [-0.1, -0.05) is 32.1 Å². The Morgan fingerprint density at radius 1 is 1.16 bits per heavy atom. The smallest absolute Gasteiger partial charge is 0.303 e. The van der Waals surface area contributed by atoms with Crippen LogP contribution in [-0.2, 0) is 18.3 Å². The van der Waals surface area contributed by atoms with E-state index in [0.29, 0.717) is 6.42 Å². The molecule has 1 aromatic rings. The third-order valence-corrected chi connectivity index (χ3v) is 3.48. The Balaban J connectivity index is 1.92. The zero-order chi connectivity index (χ0) is 14.1. The van der Waals surface area contributed by atoms with Gasteiger partial charge in [0.25, 0.3) is 0 Å². The van der Waals surface area contributed by atoms with Gasteiger partial charge in [-0.2, -0.15) is 0 Å². The molecule has 0 saturated heterocycles. The Hall–Kier alpha value is -1.32. The van der Waals surface area contributed by atoms with Crippen LogP contribution in [-0.4, -0.2) is 20.6 Å². The number of aromatic nitrogens is 2. The highest BCUT2D eigenvalue weighted by Gasteiger charge is 2.01. The number of unbranched alkanes of at least 4 members (excludes halogenated alkanes) is 6. The van der Waals surface area contributed by atoms with E-state index in [4.69, 9.17) is 5.11 Å². The summed E-state index contributed by atoms with van der Waals surface area (Å²) in [5.41, 5.74) is 1.20. The fourth-order valence-electron chi connectivity index (χ4n) is 2.22. The van der Waals surface area contributed by atoms with E-state index in [1.54, 1.807) is 0 Å². The van der Waals surface area contributed by atoms with E-state index >= 15 is 0 Å². The highest BCUT2D eigenvalue weighted by atomic mass is 16.4. The minimum absolute atomic E-state index is 0.318. The maximum absolute atomic E-state index is 10.3. The first-order valence-corrected chi connectivity index (χ1v) is 7.30. The predicted molar refractivity (Wildman–Crippen MR) is 76.2 cm³/mol. The standard InChI is InChI=1S/C15H26N2O2/c1-13-16-14(12-17(13)2)10-8-6-4-3-5-7-9-11-15(18)19/h12H,3-11H2,1-2H3,(H,18,19). The summed E-state index contributed by atoms with van der Waals surface area (Å²) >= 11 is 0. The Morgan fingerprint density at radius 3 is 2.26 bits per heavy atom. The second-order valence-corrected chi connectivity index (χ2v) is 5.26. The van der Waals surface area contributed by atoms with Crippen LogP contribution in [0, 0.1) is 6.92 Å². The van der Waals surface area contributed by atoms with Gasteiger partial charge < -0.3 is 9.67 Å². The normalized spacial score (nSPS) is 10.8. The molecule has 0 atom stereocenters. The lowest BCUT2D eigenvalue weighted by Crippen LogP contribution is -1.93. The first kappa shape index (κ1) is 15.7. The first-order valence-electron chi connectivity index (χ1n) is 7.30. The Morgan fingerprint density at radius 2 is 1.74 bits per heavy atom. The number of nitrogens with zero attached hydrogens (tertiary/aromatic N) is 2. The second kappa shape index (κ2) is 8.73. The van der Waals surface area contributed by atoms with Crippen molar-refractivity contribution in [1.29, 1.82) is 0 Å². The van der Waals surface area contributed by atoms with E-state index in [9.17, 15) is 4.79 Å². The maximum atomic E-state index is 10.3. The van der Waals surface area contributed by atoms with Gasteiger partial charge in [-0.25, -0.2) is 4.98 Å². The van der Waals surface area contributed by atoms with Gasteiger partial charge in [0.2, 0.25) is 0 Å². The van der Waals surface area contributed by atoms with Crippen LogP contribution in [0.5, 0.6) is 0 Å². The number of hydrogen-bond donors (Lipinski definition) is 1. The van der Waals surface area contributed by atoms with Crippen LogP contribution in [0.3, 0.4) is 0 Å². The van der Waals surface area contributed by atoms with E-state index in [-0.39, 0.29) is 0 Å². The molecule has 1 rings (SSSR count). The number of hydrogen-bond acceptors (Lipinski definition) is 2. The number of carboxylic acid groups (broad SMARTS) is 1. The average molecular weight is 266 g/mol. The second-order valence-electron chi connectivity index (χ2n) is 5.26. The van der Waals surface area contributed by atoms with Crippen LogP contribution in [0.15, 0.2) is 6.20 Å². The van der Waals surface area contributed by atoms with E-state index in [1.165, 1.54) is 31.4 Å². The summed E-state index contributed by atoms with van der Waals surface area (Å²) in [6.45, 7) is 2.03. The fourth-order valence-corrected chi connectivity index (χ4v) is 2.22. The summed E-state index contributed by atoms with van der Waals surface area (Å²) in [7, 11) is 2.03. The molecule has 19 heavy (non-hydrogen) atoms. The van der Waals surface area contributed by atoms with Crippen molar-refractivity contribution < 1.29 is 9.90 Å². The molecule has 0 fully saturated rings. The molecule has 108 valence electrons. The van der Waals surface area contributed by atoms with Gasteiger partial charge >= 0.3 is 5.97 Å². The first-order chi connectivity index (χ1) is 9.09. The summed E-state index contributed by atoms with van der Waals surface area (Å²) in [6, 6.07) is 0. The van der Waals surface area contributed by atoms with Crippen molar-refractivity contribution in [2.45, 2.75) is 64.7 Å². The molecule has 1 N–H and O–H groups in total. The molecule has 0 aliphatic heterocycles. The molecule has 1 heterocycles. The monoisotopic (exact) mass is 266 g/mol. The van der Waals surface area contributed by atoms with Gasteiger partial charge in [0, 0.05) is 19.7 Å². The summed E-state index contributed by atoms with van der Waals surface area (Å²) in [6.07, 6.45) is 11.4. The molecular weight excluding hydrogens is 240 g/mol. The van der Waals surface area contributed by atoms with Crippen molar-refractivity contribution in [3.8, 4) is 0 Å². The molecule has 4 heteroatoms. The van der Waals surface area contributed by atoms with Crippen molar-refractivity contribution in [1.82, 2.24) is 9.55 Å². The van der Waals surface area contributed by atoms with Crippen molar-refractivity contribution in [2.24, 2.45) is 7.05 Å². The molecule has 0 bridgehead atoms. The molecule has 0 unspecified atom stereocenters. The van der Waals surface area contributed by atoms with Gasteiger partial charge in [0.05, 0.1) is 5.69 Å². The van der Waals surface area contributed by atoms with Gasteiger partial charge in [-0.05, 0) is 26.2 Å². The molecule has 0 spiro atoms. The molecule has 1 aromatic heterocycles. The Labute approximate surface area is 115 Å². The van der Waals surface area contributed by atoms with Crippen LogP contribution in [0.1, 0.15) is 62.9 Å². The van der Waals surface area contributed by atoms with Gasteiger partial charge in [0.15, 0.2) is 0 Å². The Bertz CT molecular complexity index is 366. The fraction of sp³-hybridized carbons (Fsp3) is 0.733. The average Bonchev–Trinajstić information content (AvgIpc) is 2.66. The maximum Gasteiger partial charge on any atom is 0.303 e. The van der Waals surface area contributed by atoms with E-state index in [0.717, 1.165) is 31.5 Å². The largest absolute Gasteiger partial charge is 0.481 e. The topological polar surface area (TPSA) is 55.1 Å². The van der Waals surface area contributed by atoms with Crippen molar-refractivity contribution >= 4 is 5.97 Å². The summed E-state index contributed by atoms with van der Waals surface area (Å²) < 4.78 is 2.07. The van der Waals surface area contributed by atoms with Crippen LogP contribution in [0.25, 0.3) is 0 Å². The Kier molecular flexibility index (Phi) is 7.23. The number of rotatable bonds is 10. The molecule has 0 aliphatic carbocycles. The number of aliphatic carboxylic acids is 1. The molecule has 0 aliphatic rings.